The highest BCUT2D eigenvalue weighted by Crippen LogP contribution is 2.50. The standard InChI is InChI=1S/C29H27N5O3/c35-27(36)20-33-18-15-31-26(33)19-32-16-11-29(12-17-32)24-3-1-2-4-25(24)34(28(29)37)23-7-5-21(6-8-23)22-9-13-30-14-10-22/h1-10,13-15,18H,11-12,16-17,19-20H2,(H,35,36). The average molecular weight is 494 g/mol. The van der Waals surface area contributed by atoms with Gasteiger partial charge in [-0.3, -0.25) is 24.4 Å². The molecule has 4 heterocycles. The van der Waals surface area contributed by atoms with Crippen molar-refractivity contribution in [2.24, 2.45) is 0 Å². The van der Waals surface area contributed by atoms with Crippen LogP contribution in [0.4, 0.5) is 11.4 Å². The number of aliphatic carboxylic acids is 1. The third-order valence-corrected chi connectivity index (χ3v) is 7.59. The first-order chi connectivity index (χ1) is 18.0. The highest BCUT2D eigenvalue weighted by atomic mass is 16.4. The van der Waals surface area contributed by atoms with E-state index >= 15 is 0 Å². The summed E-state index contributed by atoms with van der Waals surface area (Å²) in [6, 6.07) is 20.2. The number of nitrogens with zero attached hydrogens (tertiary/aromatic N) is 5. The molecular weight excluding hydrogens is 466 g/mol. The largest absolute Gasteiger partial charge is 0.480 e. The molecule has 0 atom stereocenters. The maximum Gasteiger partial charge on any atom is 0.323 e. The van der Waals surface area contributed by atoms with Crippen LogP contribution in [-0.2, 0) is 28.1 Å². The van der Waals surface area contributed by atoms with Gasteiger partial charge in [-0.25, -0.2) is 4.98 Å². The fraction of sp³-hybridized carbons (Fsp3) is 0.241. The maximum absolute atomic E-state index is 14.1. The zero-order valence-electron chi connectivity index (χ0n) is 20.3. The lowest BCUT2D eigenvalue weighted by Crippen LogP contribution is -2.47. The lowest BCUT2D eigenvalue weighted by atomic mass is 9.73. The van der Waals surface area contributed by atoms with Crippen molar-refractivity contribution < 1.29 is 14.7 Å². The van der Waals surface area contributed by atoms with Gasteiger partial charge in [0.1, 0.15) is 12.4 Å². The predicted molar refractivity (Wildman–Crippen MR) is 139 cm³/mol. The Hall–Kier alpha value is -4.30. The van der Waals surface area contributed by atoms with E-state index in [9.17, 15) is 9.59 Å². The number of hydrogen-bond acceptors (Lipinski definition) is 5. The fourth-order valence-corrected chi connectivity index (χ4v) is 5.67. The number of imidazole rings is 1. The van der Waals surface area contributed by atoms with E-state index in [0.29, 0.717) is 19.4 Å². The molecule has 186 valence electrons. The molecule has 0 unspecified atom stereocenters. The van der Waals surface area contributed by atoms with Gasteiger partial charge in [0.15, 0.2) is 0 Å². The van der Waals surface area contributed by atoms with Gasteiger partial charge in [-0.2, -0.15) is 0 Å². The maximum atomic E-state index is 14.1. The molecule has 1 saturated heterocycles. The van der Waals surface area contributed by atoms with Crippen molar-refractivity contribution in [3.8, 4) is 11.1 Å². The Labute approximate surface area is 214 Å². The third-order valence-electron chi connectivity index (χ3n) is 7.59. The number of carboxylic acids is 1. The number of hydrogen-bond donors (Lipinski definition) is 1. The number of carboxylic acid groups (broad SMARTS) is 1. The molecule has 0 aliphatic carbocycles. The van der Waals surface area contributed by atoms with Gasteiger partial charge in [-0.1, -0.05) is 30.3 Å². The van der Waals surface area contributed by atoms with E-state index in [1.165, 1.54) is 0 Å². The number of rotatable bonds is 6. The predicted octanol–water partition coefficient (Wildman–Crippen LogP) is 4.24. The molecule has 1 fully saturated rings. The summed E-state index contributed by atoms with van der Waals surface area (Å²) in [5.74, 6) is -0.0382. The van der Waals surface area contributed by atoms with Gasteiger partial charge >= 0.3 is 5.97 Å². The van der Waals surface area contributed by atoms with Gasteiger partial charge in [-0.15, -0.1) is 0 Å². The molecule has 8 nitrogen and oxygen atoms in total. The quantitative estimate of drug-likeness (QED) is 0.432. The molecule has 6 rings (SSSR count). The van der Waals surface area contributed by atoms with Crippen LogP contribution in [0.3, 0.4) is 0 Å². The monoisotopic (exact) mass is 493 g/mol. The van der Waals surface area contributed by atoms with Gasteiger partial charge in [0, 0.05) is 30.5 Å². The van der Waals surface area contributed by atoms with Crippen molar-refractivity contribution in [1.29, 1.82) is 0 Å². The lowest BCUT2D eigenvalue weighted by Gasteiger charge is -2.38. The van der Waals surface area contributed by atoms with E-state index in [1.807, 2.05) is 59.5 Å². The normalized spacial score (nSPS) is 16.8. The first-order valence-corrected chi connectivity index (χ1v) is 12.4. The summed E-state index contributed by atoms with van der Waals surface area (Å²) in [5, 5.41) is 9.16. The highest BCUT2D eigenvalue weighted by molar-refractivity contribution is 6.13. The zero-order valence-corrected chi connectivity index (χ0v) is 20.3. The Morgan fingerprint density at radius 2 is 1.62 bits per heavy atom. The van der Waals surface area contributed by atoms with Crippen LogP contribution in [0.2, 0.25) is 0 Å². The smallest absolute Gasteiger partial charge is 0.323 e. The van der Waals surface area contributed by atoms with E-state index in [0.717, 1.165) is 47.0 Å². The number of pyridine rings is 1. The van der Waals surface area contributed by atoms with Crippen LogP contribution in [0.1, 0.15) is 24.2 Å². The summed E-state index contributed by atoms with van der Waals surface area (Å²) in [5.41, 5.74) is 4.51. The van der Waals surface area contributed by atoms with Crippen LogP contribution in [0.5, 0.6) is 0 Å². The SMILES string of the molecule is O=C(O)Cn1ccnc1CN1CCC2(CC1)C(=O)N(c1ccc(-c3ccncc3)cc1)c1ccccc12. The number of carbonyl (C=O) groups excluding carboxylic acids is 1. The Morgan fingerprint density at radius 3 is 2.35 bits per heavy atom. The number of aromatic nitrogens is 3. The van der Waals surface area contributed by atoms with E-state index < -0.39 is 11.4 Å². The zero-order chi connectivity index (χ0) is 25.4. The molecule has 37 heavy (non-hydrogen) atoms. The van der Waals surface area contributed by atoms with Crippen molar-refractivity contribution in [2.45, 2.75) is 31.3 Å². The fourth-order valence-electron chi connectivity index (χ4n) is 5.67. The first-order valence-electron chi connectivity index (χ1n) is 12.4. The van der Waals surface area contributed by atoms with Crippen molar-refractivity contribution >= 4 is 23.3 Å². The molecule has 2 aromatic carbocycles. The summed E-state index contributed by atoms with van der Waals surface area (Å²) < 4.78 is 1.67. The van der Waals surface area contributed by atoms with Crippen LogP contribution in [-0.4, -0.2) is 49.5 Å². The van der Waals surface area contributed by atoms with Gasteiger partial charge in [0.25, 0.3) is 0 Å². The van der Waals surface area contributed by atoms with Crippen LogP contribution < -0.4 is 4.90 Å². The minimum Gasteiger partial charge on any atom is -0.480 e. The Balaban J connectivity index is 1.24. The van der Waals surface area contributed by atoms with E-state index in [-0.39, 0.29) is 12.5 Å². The summed E-state index contributed by atoms with van der Waals surface area (Å²) in [6.45, 7) is 1.92. The molecule has 1 spiro atoms. The second-order valence-electron chi connectivity index (χ2n) is 9.66. The number of piperidine rings is 1. The molecule has 0 bridgehead atoms. The molecule has 8 heteroatoms. The molecule has 1 amide bonds. The number of anilines is 2. The lowest BCUT2D eigenvalue weighted by molar-refractivity contribution is -0.137. The van der Waals surface area contributed by atoms with Crippen LogP contribution in [0.25, 0.3) is 11.1 Å². The Bertz CT molecular complexity index is 1440. The number of para-hydroxylation sites is 1. The van der Waals surface area contributed by atoms with Gasteiger partial charge < -0.3 is 9.67 Å². The minimum atomic E-state index is -0.890. The highest BCUT2D eigenvalue weighted by Gasteiger charge is 2.52. The Morgan fingerprint density at radius 1 is 0.919 bits per heavy atom. The third kappa shape index (κ3) is 4.09. The summed E-state index contributed by atoms with van der Waals surface area (Å²) in [4.78, 5) is 37.9. The van der Waals surface area contributed by atoms with Crippen molar-refractivity contribution in [3.63, 3.8) is 0 Å². The second-order valence-corrected chi connectivity index (χ2v) is 9.66. The Kier molecular flexibility index (Phi) is 5.81. The molecule has 4 aromatic rings. The number of fused-ring (bicyclic) bond motifs is 2. The van der Waals surface area contributed by atoms with E-state index in [4.69, 9.17) is 5.11 Å². The number of carbonyl (C=O) groups is 2. The molecule has 2 aliphatic rings. The number of amides is 1. The number of benzene rings is 2. The van der Waals surface area contributed by atoms with Crippen molar-refractivity contribution in [3.05, 3.63) is 96.8 Å². The average Bonchev–Trinajstić information content (AvgIpc) is 3.45. The van der Waals surface area contributed by atoms with Crippen LogP contribution in [0, 0.1) is 0 Å². The molecule has 2 aliphatic heterocycles. The molecule has 0 saturated carbocycles. The van der Waals surface area contributed by atoms with E-state index in [2.05, 4.69) is 20.9 Å². The molecule has 0 radical (unpaired) electrons. The molecule has 2 aromatic heterocycles. The van der Waals surface area contributed by atoms with Crippen LogP contribution in [0.15, 0.2) is 85.5 Å². The van der Waals surface area contributed by atoms with Gasteiger partial charge in [0.2, 0.25) is 5.91 Å². The van der Waals surface area contributed by atoms with Gasteiger partial charge in [-0.05, 0) is 73.0 Å². The van der Waals surface area contributed by atoms with E-state index in [1.54, 1.807) is 29.4 Å². The second kappa shape index (κ2) is 9.29. The van der Waals surface area contributed by atoms with Crippen molar-refractivity contribution in [2.75, 3.05) is 18.0 Å². The summed E-state index contributed by atoms with van der Waals surface area (Å²) in [6.07, 6.45) is 8.29. The van der Waals surface area contributed by atoms with Gasteiger partial charge in [0.05, 0.1) is 17.6 Å². The van der Waals surface area contributed by atoms with Crippen LogP contribution >= 0.6 is 0 Å². The topological polar surface area (TPSA) is 91.6 Å². The summed E-state index contributed by atoms with van der Waals surface area (Å²) >= 11 is 0. The first kappa shape index (κ1) is 23.1. The molecular formula is C29H27N5O3. The molecule has 1 N–H and O–H groups in total. The number of likely N-dealkylation sites (tertiary alicyclic amines) is 1. The minimum absolute atomic E-state index is 0.103. The summed E-state index contributed by atoms with van der Waals surface area (Å²) in [7, 11) is 0. The van der Waals surface area contributed by atoms with Crippen molar-refractivity contribution in [1.82, 2.24) is 19.4 Å².